The molecule has 2 rings (SSSR count). The number of rotatable bonds is 2. The van der Waals surface area contributed by atoms with E-state index in [1.165, 1.54) is 0 Å². The van der Waals surface area contributed by atoms with Crippen molar-refractivity contribution in [3.8, 4) is 0 Å². The van der Waals surface area contributed by atoms with E-state index in [0.717, 1.165) is 11.4 Å². The Bertz CT molecular complexity index is 322. The van der Waals surface area contributed by atoms with Gasteiger partial charge in [-0.25, -0.2) is 0 Å². The molecule has 1 radical (unpaired) electrons. The Labute approximate surface area is 151 Å². The Balaban J connectivity index is -0.000000368. The average molecular weight is 347 g/mol. The Morgan fingerprint density at radius 3 is 1.10 bits per heavy atom. The second kappa shape index (κ2) is 20.7. The Morgan fingerprint density at radius 1 is 0.600 bits per heavy atom. The summed E-state index contributed by atoms with van der Waals surface area (Å²) in [5.74, 6) is 0. The standard InChI is InChI=1S/C12H11N.2C2H6.C2H5.Y/c1-3-7-11(8-4-1)13-12-9-5-2-6-10-12;3*1-2;/h1-10,13H;2*1-2H3;1H2,2H3;/q;;;-1;. The van der Waals surface area contributed by atoms with Crippen molar-refractivity contribution in [2.24, 2.45) is 0 Å². The van der Waals surface area contributed by atoms with Crippen LogP contribution in [0.15, 0.2) is 60.7 Å². The van der Waals surface area contributed by atoms with Crippen LogP contribution in [0.4, 0.5) is 11.4 Å². The minimum atomic E-state index is 0. The van der Waals surface area contributed by atoms with Gasteiger partial charge < -0.3 is 12.2 Å². The number of nitrogens with one attached hydrogen (secondary N) is 1. The molecule has 0 bridgehead atoms. The van der Waals surface area contributed by atoms with E-state index in [-0.39, 0.29) is 32.7 Å². The molecule has 0 amide bonds. The fraction of sp³-hybridized carbons (Fsp3) is 0.278. The number of anilines is 2. The maximum absolute atomic E-state index is 3.30. The number of hydrogen-bond acceptors (Lipinski definition) is 1. The maximum Gasteiger partial charge on any atom is 0.0384 e. The van der Waals surface area contributed by atoms with Gasteiger partial charge in [-0.15, -0.1) is 0 Å². The normalized spacial score (nSPS) is 7.10. The number of benzene rings is 2. The van der Waals surface area contributed by atoms with Crippen LogP contribution in [0.2, 0.25) is 0 Å². The fourth-order valence-corrected chi connectivity index (χ4v) is 1.21. The quantitative estimate of drug-likeness (QED) is 0.627. The van der Waals surface area contributed by atoms with Crippen LogP contribution in [0, 0.1) is 6.92 Å². The zero-order chi connectivity index (χ0) is 14.9. The van der Waals surface area contributed by atoms with Gasteiger partial charge in [0.05, 0.1) is 0 Å². The topological polar surface area (TPSA) is 12.0 Å². The molecule has 2 aromatic rings. The summed E-state index contributed by atoms with van der Waals surface area (Å²) in [6.07, 6.45) is 0. The average Bonchev–Trinajstić information content (AvgIpc) is 2.55. The van der Waals surface area contributed by atoms with Crippen LogP contribution in [-0.2, 0) is 32.7 Å². The smallest absolute Gasteiger partial charge is 0.0384 e. The van der Waals surface area contributed by atoms with Gasteiger partial charge in [0.25, 0.3) is 0 Å². The fourth-order valence-electron chi connectivity index (χ4n) is 1.21. The Hall–Kier alpha value is -0.656. The van der Waals surface area contributed by atoms with Crippen LogP contribution >= 0.6 is 0 Å². The molecule has 0 heterocycles. The largest absolute Gasteiger partial charge is 0.356 e. The molecule has 0 aliphatic heterocycles. The van der Waals surface area contributed by atoms with E-state index in [1.54, 1.807) is 6.92 Å². The summed E-state index contributed by atoms with van der Waals surface area (Å²) in [7, 11) is 0. The van der Waals surface area contributed by atoms with Gasteiger partial charge in [-0.1, -0.05) is 64.1 Å². The first kappa shape index (κ1) is 24.4. The zero-order valence-corrected chi connectivity index (χ0v) is 16.4. The minimum absolute atomic E-state index is 0. The summed E-state index contributed by atoms with van der Waals surface area (Å²) < 4.78 is 0. The monoisotopic (exact) mass is 347 g/mol. The maximum atomic E-state index is 3.30. The van der Waals surface area contributed by atoms with E-state index >= 15 is 0 Å². The molecular weight excluding hydrogens is 319 g/mol. The molecular formula is C18H28NY-. The molecule has 2 heteroatoms. The molecule has 0 aromatic heterocycles. The predicted octanol–water partition coefficient (Wildman–Crippen LogP) is 6.32. The van der Waals surface area contributed by atoms with E-state index in [2.05, 4.69) is 12.2 Å². The predicted molar refractivity (Wildman–Crippen MR) is 89.9 cm³/mol. The zero-order valence-electron chi connectivity index (χ0n) is 13.6. The second-order valence-corrected chi connectivity index (χ2v) is 2.86. The molecule has 0 saturated heterocycles. The van der Waals surface area contributed by atoms with Gasteiger partial charge in [-0.3, -0.25) is 0 Å². The summed E-state index contributed by atoms with van der Waals surface area (Å²) in [6, 6.07) is 20.3. The van der Waals surface area contributed by atoms with E-state index in [0.29, 0.717) is 0 Å². The molecule has 0 aliphatic carbocycles. The van der Waals surface area contributed by atoms with Gasteiger partial charge in [0.2, 0.25) is 0 Å². The van der Waals surface area contributed by atoms with Crippen LogP contribution < -0.4 is 5.32 Å². The van der Waals surface area contributed by atoms with E-state index in [1.807, 2.05) is 88.4 Å². The molecule has 0 spiro atoms. The van der Waals surface area contributed by atoms with Gasteiger partial charge in [-0.2, -0.15) is 6.92 Å². The first-order chi connectivity index (χ1) is 9.45. The van der Waals surface area contributed by atoms with Crippen molar-refractivity contribution in [2.45, 2.75) is 34.6 Å². The van der Waals surface area contributed by atoms with Crippen molar-refractivity contribution in [3.63, 3.8) is 0 Å². The van der Waals surface area contributed by atoms with Crippen molar-refractivity contribution >= 4 is 11.4 Å². The van der Waals surface area contributed by atoms with Crippen molar-refractivity contribution in [1.29, 1.82) is 0 Å². The minimum Gasteiger partial charge on any atom is -0.356 e. The molecule has 109 valence electrons. The molecule has 0 unspecified atom stereocenters. The molecule has 0 atom stereocenters. The van der Waals surface area contributed by atoms with Crippen molar-refractivity contribution in [3.05, 3.63) is 67.6 Å². The third-order valence-corrected chi connectivity index (χ3v) is 1.84. The van der Waals surface area contributed by atoms with E-state index < -0.39 is 0 Å². The molecule has 1 nitrogen and oxygen atoms in total. The van der Waals surface area contributed by atoms with E-state index in [4.69, 9.17) is 0 Å². The summed E-state index contributed by atoms with van der Waals surface area (Å²) >= 11 is 0. The first-order valence-corrected chi connectivity index (χ1v) is 7.03. The summed E-state index contributed by atoms with van der Waals surface area (Å²) in [4.78, 5) is 0. The number of para-hydroxylation sites is 2. The SMILES string of the molecule is CC.CC.[CH2-]C.[Y].c1ccc(Nc2ccccc2)cc1. The second-order valence-electron chi connectivity index (χ2n) is 2.86. The Morgan fingerprint density at radius 2 is 0.850 bits per heavy atom. The molecule has 0 saturated carbocycles. The van der Waals surface area contributed by atoms with Crippen LogP contribution in [0.1, 0.15) is 34.6 Å². The van der Waals surface area contributed by atoms with Gasteiger partial charge in [0.15, 0.2) is 0 Å². The molecule has 0 aliphatic rings. The van der Waals surface area contributed by atoms with Gasteiger partial charge in [0, 0.05) is 44.1 Å². The van der Waals surface area contributed by atoms with Gasteiger partial charge >= 0.3 is 0 Å². The molecule has 2 aromatic carbocycles. The van der Waals surface area contributed by atoms with Gasteiger partial charge in [0.1, 0.15) is 0 Å². The molecule has 20 heavy (non-hydrogen) atoms. The third-order valence-electron chi connectivity index (χ3n) is 1.84. The third kappa shape index (κ3) is 12.4. The van der Waals surface area contributed by atoms with Crippen molar-refractivity contribution < 1.29 is 32.7 Å². The van der Waals surface area contributed by atoms with Crippen molar-refractivity contribution in [2.75, 3.05) is 5.32 Å². The van der Waals surface area contributed by atoms with Crippen LogP contribution in [0.5, 0.6) is 0 Å². The van der Waals surface area contributed by atoms with Gasteiger partial charge in [-0.05, 0) is 24.3 Å². The molecule has 1 N–H and O–H groups in total. The summed E-state index contributed by atoms with van der Waals surface area (Å²) in [5, 5.41) is 3.30. The van der Waals surface area contributed by atoms with Crippen LogP contribution in [0.25, 0.3) is 0 Å². The first-order valence-electron chi connectivity index (χ1n) is 7.03. The molecule has 0 fully saturated rings. The Kier molecular flexibility index (Phi) is 25.2. The van der Waals surface area contributed by atoms with Crippen LogP contribution in [-0.4, -0.2) is 0 Å². The van der Waals surface area contributed by atoms with E-state index in [9.17, 15) is 0 Å². The van der Waals surface area contributed by atoms with Crippen LogP contribution in [0.3, 0.4) is 0 Å². The number of hydrogen-bond donors (Lipinski definition) is 1. The van der Waals surface area contributed by atoms with Crippen molar-refractivity contribution in [1.82, 2.24) is 0 Å². The summed E-state index contributed by atoms with van der Waals surface area (Å²) in [5.41, 5.74) is 2.24. The summed E-state index contributed by atoms with van der Waals surface area (Å²) in [6.45, 7) is 13.0.